The number of hydrogen-bond donors (Lipinski definition) is 1. The van der Waals surface area contributed by atoms with Crippen molar-refractivity contribution in [3.05, 3.63) is 94.8 Å². The van der Waals surface area contributed by atoms with Crippen LogP contribution in [-0.2, 0) is 4.79 Å². The molecule has 0 saturated heterocycles. The van der Waals surface area contributed by atoms with Crippen LogP contribution in [-0.4, -0.2) is 33.6 Å². The van der Waals surface area contributed by atoms with E-state index in [2.05, 4.69) is 10.1 Å². The summed E-state index contributed by atoms with van der Waals surface area (Å²) in [5, 5.41) is 13.6. The average Bonchev–Trinajstić information content (AvgIpc) is 2.78. The molecular formula is C23H17N3O4. The van der Waals surface area contributed by atoms with Crippen LogP contribution in [0.25, 0.3) is 22.3 Å². The molecule has 1 N–H and O–H groups in total. The zero-order chi connectivity index (χ0) is 20.9. The number of carboxylic acids is 1. The highest BCUT2D eigenvalue weighted by Gasteiger charge is 2.12. The van der Waals surface area contributed by atoms with Crippen molar-refractivity contribution < 1.29 is 14.6 Å². The molecule has 1 heterocycles. The van der Waals surface area contributed by atoms with Gasteiger partial charge >= 0.3 is 5.97 Å². The van der Waals surface area contributed by atoms with E-state index in [0.29, 0.717) is 28.0 Å². The highest BCUT2D eigenvalue weighted by Crippen LogP contribution is 2.19. The van der Waals surface area contributed by atoms with E-state index in [-0.39, 0.29) is 5.56 Å². The Labute approximate surface area is 171 Å². The van der Waals surface area contributed by atoms with E-state index in [4.69, 9.17) is 9.84 Å². The molecule has 0 atom stereocenters. The number of fused-ring (bicyclic) bond motifs is 1. The second-order valence-corrected chi connectivity index (χ2v) is 6.44. The minimum Gasteiger partial charge on any atom is -0.482 e. The maximum Gasteiger partial charge on any atom is 0.341 e. The quantitative estimate of drug-likeness (QED) is 0.502. The van der Waals surface area contributed by atoms with Crippen LogP contribution in [0.1, 0.15) is 5.56 Å². The van der Waals surface area contributed by atoms with Crippen LogP contribution in [0.4, 0.5) is 0 Å². The van der Waals surface area contributed by atoms with Crippen molar-refractivity contribution in [2.45, 2.75) is 0 Å². The molecule has 0 amide bonds. The van der Waals surface area contributed by atoms with E-state index in [1.807, 2.05) is 36.4 Å². The second-order valence-electron chi connectivity index (χ2n) is 6.44. The van der Waals surface area contributed by atoms with Crippen LogP contribution in [0.5, 0.6) is 5.75 Å². The molecular weight excluding hydrogens is 382 g/mol. The molecule has 0 aliphatic carbocycles. The van der Waals surface area contributed by atoms with Gasteiger partial charge in [-0.3, -0.25) is 4.79 Å². The summed E-state index contributed by atoms with van der Waals surface area (Å²) in [4.78, 5) is 28.4. The first-order valence-corrected chi connectivity index (χ1v) is 9.18. The molecule has 0 aliphatic rings. The van der Waals surface area contributed by atoms with Crippen LogP contribution in [0.15, 0.2) is 88.8 Å². The summed E-state index contributed by atoms with van der Waals surface area (Å²) in [7, 11) is 0. The predicted molar refractivity (Wildman–Crippen MR) is 114 cm³/mol. The van der Waals surface area contributed by atoms with E-state index in [1.54, 1.807) is 42.5 Å². The molecule has 0 fully saturated rings. The summed E-state index contributed by atoms with van der Waals surface area (Å²) in [5.41, 5.74) is 1.72. The standard InChI is InChI=1S/C23H17N3O4/c27-21(28)15-30-18-10-6-7-16(13-18)14-24-26-22(17-8-2-1-3-9-17)25-20-12-5-4-11-19(20)23(26)29/h1-14H,15H2,(H,27,28). The molecule has 4 aromatic rings. The van der Waals surface area contributed by atoms with Crippen LogP contribution >= 0.6 is 0 Å². The summed E-state index contributed by atoms with van der Waals surface area (Å²) in [6, 6.07) is 23.3. The lowest BCUT2D eigenvalue weighted by molar-refractivity contribution is -0.139. The van der Waals surface area contributed by atoms with Crippen LogP contribution in [0, 0.1) is 0 Å². The number of hydrogen-bond acceptors (Lipinski definition) is 5. The normalized spacial score (nSPS) is 11.1. The molecule has 0 spiro atoms. The molecule has 0 bridgehead atoms. The maximum atomic E-state index is 13.1. The van der Waals surface area contributed by atoms with Gasteiger partial charge in [-0.1, -0.05) is 54.6 Å². The molecule has 3 aromatic carbocycles. The van der Waals surface area contributed by atoms with Crippen molar-refractivity contribution >= 4 is 23.1 Å². The topological polar surface area (TPSA) is 93.8 Å². The van der Waals surface area contributed by atoms with Crippen molar-refractivity contribution in [3.63, 3.8) is 0 Å². The van der Waals surface area contributed by atoms with Gasteiger partial charge in [0, 0.05) is 5.56 Å². The van der Waals surface area contributed by atoms with Gasteiger partial charge in [0.25, 0.3) is 5.56 Å². The number of para-hydroxylation sites is 1. The zero-order valence-electron chi connectivity index (χ0n) is 15.8. The van der Waals surface area contributed by atoms with E-state index in [0.717, 1.165) is 5.56 Å². The first-order chi connectivity index (χ1) is 14.6. The van der Waals surface area contributed by atoms with Crippen molar-refractivity contribution in [1.29, 1.82) is 0 Å². The number of ether oxygens (including phenoxy) is 1. The summed E-state index contributed by atoms with van der Waals surface area (Å²) >= 11 is 0. The number of aromatic nitrogens is 2. The number of aliphatic carboxylic acids is 1. The second kappa shape index (κ2) is 8.40. The molecule has 7 heteroatoms. The predicted octanol–water partition coefficient (Wildman–Crippen LogP) is 3.41. The fraction of sp³-hybridized carbons (Fsp3) is 0.0435. The minimum absolute atomic E-state index is 0.283. The first-order valence-electron chi connectivity index (χ1n) is 9.18. The fourth-order valence-electron chi connectivity index (χ4n) is 2.96. The van der Waals surface area contributed by atoms with Gasteiger partial charge in [0.2, 0.25) is 0 Å². The Morgan fingerprint density at radius 1 is 1.03 bits per heavy atom. The van der Waals surface area contributed by atoms with E-state index >= 15 is 0 Å². The largest absolute Gasteiger partial charge is 0.482 e. The number of benzene rings is 3. The van der Waals surface area contributed by atoms with Gasteiger partial charge < -0.3 is 9.84 Å². The molecule has 0 radical (unpaired) electrons. The van der Waals surface area contributed by atoms with Crippen molar-refractivity contribution in [1.82, 2.24) is 9.66 Å². The highest BCUT2D eigenvalue weighted by atomic mass is 16.5. The van der Waals surface area contributed by atoms with Gasteiger partial charge in [-0.05, 0) is 29.8 Å². The van der Waals surface area contributed by atoms with Crippen molar-refractivity contribution in [2.24, 2.45) is 5.10 Å². The molecule has 4 rings (SSSR count). The zero-order valence-corrected chi connectivity index (χ0v) is 15.8. The molecule has 0 aliphatic heterocycles. The third kappa shape index (κ3) is 4.10. The third-order valence-corrected chi connectivity index (χ3v) is 4.33. The Morgan fingerprint density at radius 3 is 2.60 bits per heavy atom. The van der Waals surface area contributed by atoms with Gasteiger partial charge in [0.1, 0.15) is 5.75 Å². The van der Waals surface area contributed by atoms with Gasteiger partial charge in [0.05, 0.1) is 17.1 Å². The lowest BCUT2D eigenvalue weighted by Gasteiger charge is -2.09. The van der Waals surface area contributed by atoms with Gasteiger partial charge in [-0.25, -0.2) is 9.78 Å². The van der Waals surface area contributed by atoms with E-state index < -0.39 is 12.6 Å². The number of nitrogens with zero attached hydrogens (tertiary/aromatic N) is 3. The molecule has 1 aromatic heterocycles. The summed E-state index contributed by atoms with van der Waals surface area (Å²) < 4.78 is 6.46. The van der Waals surface area contributed by atoms with E-state index in [9.17, 15) is 9.59 Å². The molecule has 7 nitrogen and oxygen atoms in total. The first kappa shape index (κ1) is 19.1. The van der Waals surface area contributed by atoms with Crippen molar-refractivity contribution in [3.8, 4) is 17.1 Å². The van der Waals surface area contributed by atoms with Crippen LogP contribution in [0.2, 0.25) is 0 Å². The fourth-order valence-corrected chi connectivity index (χ4v) is 2.96. The highest BCUT2D eigenvalue weighted by molar-refractivity contribution is 5.82. The smallest absolute Gasteiger partial charge is 0.341 e. The van der Waals surface area contributed by atoms with E-state index in [1.165, 1.54) is 10.9 Å². The number of rotatable bonds is 6. The summed E-state index contributed by atoms with van der Waals surface area (Å²) in [6.45, 7) is -0.438. The third-order valence-electron chi connectivity index (χ3n) is 4.33. The SMILES string of the molecule is O=C(O)COc1cccc(C=Nn2c(-c3ccccc3)nc3ccccc3c2=O)c1. The monoisotopic (exact) mass is 399 g/mol. The average molecular weight is 399 g/mol. The molecule has 0 unspecified atom stereocenters. The lowest BCUT2D eigenvalue weighted by atomic mass is 10.2. The Bertz CT molecular complexity index is 1300. The number of carboxylic acid groups (broad SMARTS) is 1. The Balaban J connectivity index is 1.79. The summed E-state index contributed by atoms with van der Waals surface area (Å²) in [6.07, 6.45) is 1.51. The minimum atomic E-state index is -1.06. The molecule has 148 valence electrons. The Hall–Kier alpha value is -4.26. The summed E-state index contributed by atoms with van der Waals surface area (Å²) in [5.74, 6) is -0.238. The number of carbonyl (C=O) groups is 1. The Morgan fingerprint density at radius 2 is 1.80 bits per heavy atom. The lowest BCUT2D eigenvalue weighted by Crippen LogP contribution is -2.20. The molecule has 30 heavy (non-hydrogen) atoms. The maximum absolute atomic E-state index is 13.1. The van der Waals surface area contributed by atoms with Gasteiger partial charge in [-0.15, -0.1) is 0 Å². The Kier molecular flexibility index (Phi) is 5.34. The van der Waals surface area contributed by atoms with Gasteiger partial charge in [-0.2, -0.15) is 9.78 Å². The van der Waals surface area contributed by atoms with Crippen molar-refractivity contribution in [2.75, 3.05) is 6.61 Å². The van der Waals surface area contributed by atoms with Gasteiger partial charge in [0.15, 0.2) is 12.4 Å². The molecule has 0 saturated carbocycles. The van der Waals surface area contributed by atoms with Crippen LogP contribution in [0.3, 0.4) is 0 Å². The van der Waals surface area contributed by atoms with Crippen LogP contribution < -0.4 is 10.3 Å².